The lowest BCUT2D eigenvalue weighted by Gasteiger charge is -2.23. The quantitative estimate of drug-likeness (QED) is 0.819. The van der Waals surface area contributed by atoms with E-state index in [2.05, 4.69) is 5.32 Å². The molecule has 3 fully saturated rings. The zero-order chi connectivity index (χ0) is 18.4. The molecule has 5 atom stereocenters. The summed E-state index contributed by atoms with van der Waals surface area (Å²) < 4.78 is 10.6. The zero-order valence-electron chi connectivity index (χ0n) is 14.9. The summed E-state index contributed by atoms with van der Waals surface area (Å²) in [5, 5.41) is 2.89. The van der Waals surface area contributed by atoms with Crippen molar-refractivity contribution in [2.45, 2.75) is 32.8 Å². The molecule has 4 rings (SSSR count). The molecule has 2 aliphatic carbocycles. The predicted octanol–water partition coefficient (Wildman–Crippen LogP) is 2.64. The molecule has 2 saturated carbocycles. The fraction of sp³-hybridized carbons (Fsp3) is 0.550. The Morgan fingerprint density at radius 2 is 1.96 bits per heavy atom. The smallest absolute Gasteiger partial charge is 0.338 e. The number of nitrogens with one attached hydrogen (secondary N) is 1. The van der Waals surface area contributed by atoms with Gasteiger partial charge in [-0.25, -0.2) is 4.79 Å². The fourth-order valence-electron chi connectivity index (χ4n) is 4.60. The van der Waals surface area contributed by atoms with Gasteiger partial charge >= 0.3 is 11.9 Å². The number of hydrogen-bond donors (Lipinski definition) is 1. The Kier molecular flexibility index (Phi) is 4.21. The molecule has 2 bridgehead atoms. The van der Waals surface area contributed by atoms with Crippen molar-refractivity contribution in [3.05, 3.63) is 29.8 Å². The number of carbonyl (C=O) groups excluding carboxylic acids is 3. The van der Waals surface area contributed by atoms with Crippen molar-refractivity contribution < 1.29 is 23.9 Å². The Bertz CT molecular complexity index is 739. The number of esters is 2. The molecule has 0 aromatic heterocycles. The van der Waals surface area contributed by atoms with Crippen molar-refractivity contribution in [3.63, 3.8) is 0 Å². The van der Waals surface area contributed by atoms with Crippen molar-refractivity contribution in [1.82, 2.24) is 0 Å². The lowest BCUT2D eigenvalue weighted by atomic mass is 9.79. The Balaban J connectivity index is 1.39. The molecule has 0 spiro atoms. The van der Waals surface area contributed by atoms with Crippen molar-refractivity contribution in [3.8, 4) is 0 Å². The summed E-state index contributed by atoms with van der Waals surface area (Å²) in [5.74, 6) is -0.595. The van der Waals surface area contributed by atoms with Gasteiger partial charge < -0.3 is 14.8 Å². The van der Waals surface area contributed by atoms with E-state index < -0.39 is 0 Å². The number of anilines is 1. The largest absolute Gasteiger partial charge is 0.462 e. The Morgan fingerprint density at radius 3 is 2.65 bits per heavy atom. The van der Waals surface area contributed by atoms with Crippen molar-refractivity contribution in [1.29, 1.82) is 0 Å². The molecular formula is C20H23NO5. The SMILES string of the molecule is CC(C)COC(=O)c1ccc(NC(=O)[C@H]2[C@@H]3C[C@H]4[C@@H]2C(=O)O[C@@H]4C3)cc1. The van der Waals surface area contributed by atoms with Gasteiger partial charge in [-0.1, -0.05) is 13.8 Å². The van der Waals surface area contributed by atoms with Crippen LogP contribution in [0.15, 0.2) is 24.3 Å². The first kappa shape index (κ1) is 17.1. The average molecular weight is 357 g/mol. The highest BCUT2D eigenvalue weighted by molar-refractivity contribution is 5.97. The Hall–Kier alpha value is -2.37. The highest BCUT2D eigenvalue weighted by Crippen LogP contribution is 2.57. The first-order valence-corrected chi connectivity index (χ1v) is 9.22. The molecule has 138 valence electrons. The van der Waals surface area contributed by atoms with E-state index in [9.17, 15) is 14.4 Å². The molecular weight excluding hydrogens is 334 g/mol. The number of hydrogen-bond acceptors (Lipinski definition) is 5. The molecule has 6 heteroatoms. The molecule has 1 aromatic carbocycles. The molecule has 1 heterocycles. The van der Waals surface area contributed by atoms with Gasteiger partial charge in [0.05, 0.1) is 24.0 Å². The summed E-state index contributed by atoms with van der Waals surface area (Å²) in [6, 6.07) is 6.65. The van der Waals surface area contributed by atoms with Crippen LogP contribution in [0.1, 0.15) is 37.0 Å². The highest BCUT2D eigenvalue weighted by Gasteiger charge is 2.63. The van der Waals surface area contributed by atoms with E-state index in [0.717, 1.165) is 12.8 Å². The predicted molar refractivity (Wildman–Crippen MR) is 93.3 cm³/mol. The van der Waals surface area contributed by atoms with Crippen molar-refractivity contribution in [2.24, 2.45) is 29.6 Å². The van der Waals surface area contributed by atoms with E-state index in [1.54, 1.807) is 24.3 Å². The van der Waals surface area contributed by atoms with Gasteiger partial charge in [-0.15, -0.1) is 0 Å². The second-order valence-corrected chi connectivity index (χ2v) is 7.98. The van der Waals surface area contributed by atoms with Gasteiger partial charge in [-0.3, -0.25) is 9.59 Å². The summed E-state index contributed by atoms with van der Waals surface area (Å²) in [5.41, 5.74) is 1.06. The second kappa shape index (κ2) is 6.41. The summed E-state index contributed by atoms with van der Waals surface area (Å²) in [6.45, 7) is 4.33. The maximum absolute atomic E-state index is 12.7. The first-order valence-electron chi connectivity index (χ1n) is 9.22. The molecule has 0 unspecified atom stereocenters. The Morgan fingerprint density at radius 1 is 1.23 bits per heavy atom. The van der Waals surface area contributed by atoms with Crippen molar-refractivity contribution >= 4 is 23.5 Å². The normalized spacial score (nSPS) is 31.2. The molecule has 1 aliphatic heterocycles. The van der Waals surface area contributed by atoms with E-state index in [1.807, 2.05) is 13.8 Å². The number of benzene rings is 1. The number of fused-ring (bicyclic) bond motifs is 1. The number of carbonyl (C=O) groups is 3. The highest BCUT2D eigenvalue weighted by atomic mass is 16.6. The summed E-state index contributed by atoms with van der Waals surface area (Å²) in [7, 11) is 0. The van der Waals surface area contributed by atoms with Crippen LogP contribution in [0.5, 0.6) is 0 Å². The summed E-state index contributed by atoms with van der Waals surface area (Å²) >= 11 is 0. The molecule has 1 N–H and O–H groups in total. The van der Waals surface area contributed by atoms with Crippen LogP contribution in [-0.2, 0) is 19.1 Å². The third-order valence-electron chi connectivity index (χ3n) is 5.72. The maximum Gasteiger partial charge on any atom is 0.338 e. The summed E-state index contributed by atoms with van der Waals surface area (Å²) in [6.07, 6.45) is 1.73. The monoisotopic (exact) mass is 357 g/mol. The topological polar surface area (TPSA) is 81.7 Å². The minimum absolute atomic E-state index is 0.0256. The van der Waals surface area contributed by atoms with Crippen LogP contribution in [0, 0.1) is 29.6 Å². The fourth-order valence-corrected chi connectivity index (χ4v) is 4.60. The van der Waals surface area contributed by atoms with Crippen LogP contribution in [0.25, 0.3) is 0 Å². The van der Waals surface area contributed by atoms with Gasteiger partial charge in [0.25, 0.3) is 0 Å². The van der Waals surface area contributed by atoms with E-state index in [1.165, 1.54) is 0 Å². The lowest BCUT2D eigenvalue weighted by molar-refractivity contribution is -0.145. The van der Waals surface area contributed by atoms with E-state index in [0.29, 0.717) is 17.9 Å². The summed E-state index contributed by atoms with van der Waals surface area (Å²) in [4.78, 5) is 36.7. The molecule has 26 heavy (non-hydrogen) atoms. The van der Waals surface area contributed by atoms with E-state index >= 15 is 0 Å². The van der Waals surface area contributed by atoms with Gasteiger partial charge in [-0.05, 0) is 48.9 Å². The van der Waals surface area contributed by atoms with Crippen LogP contribution in [0.4, 0.5) is 5.69 Å². The lowest BCUT2D eigenvalue weighted by Crippen LogP contribution is -2.35. The molecule has 6 nitrogen and oxygen atoms in total. The third-order valence-corrected chi connectivity index (χ3v) is 5.72. The molecule has 0 radical (unpaired) electrons. The molecule has 1 aromatic rings. The third kappa shape index (κ3) is 2.87. The molecule has 1 saturated heterocycles. The van der Waals surface area contributed by atoms with Crippen LogP contribution in [0.2, 0.25) is 0 Å². The van der Waals surface area contributed by atoms with Gasteiger partial charge in [0, 0.05) is 11.6 Å². The number of ether oxygens (including phenoxy) is 2. The van der Waals surface area contributed by atoms with Crippen LogP contribution in [-0.4, -0.2) is 30.6 Å². The standard InChI is InChI=1S/C20H23NO5/c1-10(2)9-25-19(23)11-3-5-13(6-4-11)21-18(22)16-12-7-14-15(8-12)26-20(24)17(14)16/h3-6,10,12,14-17H,7-9H2,1-2H3,(H,21,22)/t12-,14-,15-,16+,17+/m1/s1. The van der Waals surface area contributed by atoms with Crippen LogP contribution < -0.4 is 5.32 Å². The minimum Gasteiger partial charge on any atom is -0.462 e. The van der Waals surface area contributed by atoms with Crippen LogP contribution in [0.3, 0.4) is 0 Å². The van der Waals surface area contributed by atoms with Crippen LogP contribution >= 0.6 is 0 Å². The molecule has 3 aliphatic rings. The second-order valence-electron chi connectivity index (χ2n) is 7.98. The number of rotatable bonds is 5. The van der Waals surface area contributed by atoms with Gasteiger partial charge in [0.1, 0.15) is 6.10 Å². The minimum atomic E-state index is -0.371. The first-order chi connectivity index (χ1) is 12.4. The van der Waals surface area contributed by atoms with E-state index in [4.69, 9.17) is 9.47 Å². The van der Waals surface area contributed by atoms with Gasteiger partial charge in [-0.2, -0.15) is 0 Å². The molecule has 1 amide bonds. The Labute approximate surface area is 152 Å². The van der Waals surface area contributed by atoms with Gasteiger partial charge in [0.15, 0.2) is 0 Å². The van der Waals surface area contributed by atoms with Crippen molar-refractivity contribution in [2.75, 3.05) is 11.9 Å². The zero-order valence-corrected chi connectivity index (χ0v) is 14.9. The maximum atomic E-state index is 12.7. The van der Waals surface area contributed by atoms with Gasteiger partial charge in [0.2, 0.25) is 5.91 Å². The van der Waals surface area contributed by atoms with E-state index in [-0.39, 0.29) is 53.5 Å². The number of amides is 1. The average Bonchev–Trinajstić information content (AvgIpc) is 3.22.